The predicted molar refractivity (Wildman–Crippen MR) is 144 cm³/mol. The van der Waals surface area contributed by atoms with Crippen LogP contribution in [0.2, 0.25) is 0 Å². The van der Waals surface area contributed by atoms with Crippen LogP contribution in [0, 0.1) is 18.6 Å². The molecule has 1 aromatic heterocycles. The molecule has 1 heterocycles. The van der Waals surface area contributed by atoms with E-state index < -0.39 is 17.2 Å². The van der Waals surface area contributed by atoms with Crippen molar-refractivity contribution in [3.63, 3.8) is 0 Å². The Morgan fingerprint density at radius 1 is 0.658 bits per heavy atom. The third-order valence-electron chi connectivity index (χ3n) is 6.66. The fourth-order valence-electron chi connectivity index (χ4n) is 4.72. The molecule has 5 aromatic rings. The minimum absolute atomic E-state index is 0.193. The van der Waals surface area contributed by atoms with Gasteiger partial charge in [0.2, 0.25) is 0 Å². The second-order valence-corrected chi connectivity index (χ2v) is 9.61. The van der Waals surface area contributed by atoms with Gasteiger partial charge in [-0.25, -0.2) is 8.78 Å². The summed E-state index contributed by atoms with van der Waals surface area (Å²) in [6.45, 7) is 3.94. The number of nitrogens with zero attached hydrogens (tertiary/aromatic N) is 1. The minimum Gasteiger partial charge on any atom is -0.461 e. The van der Waals surface area contributed by atoms with E-state index >= 15 is 0 Å². The molecule has 38 heavy (non-hydrogen) atoms. The van der Waals surface area contributed by atoms with Crippen LogP contribution < -0.4 is 0 Å². The Morgan fingerprint density at radius 3 is 1.82 bits per heavy atom. The highest BCUT2D eigenvalue weighted by Gasteiger charge is 2.38. The van der Waals surface area contributed by atoms with E-state index in [9.17, 15) is 13.9 Å². The van der Waals surface area contributed by atoms with Gasteiger partial charge in [-0.15, -0.1) is 0 Å². The molecular formula is C33H29F2NO2. The van der Waals surface area contributed by atoms with Crippen molar-refractivity contribution in [2.75, 3.05) is 0 Å². The lowest BCUT2D eigenvalue weighted by Crippen LogP contribution is -2.28. The van der Waals surface area contributed by atoms with Crippen LogP contribution in [0.1, 0.15) is 39.3 Å². The molecule has 4 aromatic carbocycles. The van der Waals surface area contributed by atoms with E-state index in [4.69, 9.17) is 4.42 Å². The molecule has 3 nitrogen and oxygen atoms in total. The Balaban J connectivity index is 1.48. The molecule has 0 amide bonds. The molecule has 192 valence electrons. The maximum atomic E-state index is 14.2. The zero-order valence-corrected chi connectivity index (χ0v) is 21.1. The van der Waals surface area contributed by atoms with Gasteiger partial charge in [0.1, 0.15) is 23.2 Å². The van der Waals surface area contributed by atoms with Crippen molar-refractivity contribution in [3.8, 4) is 0 Å². The Morgan fingerprint density at radius 2 is 1.24 bits per heavy atom. The Labute approximate surface area is 221 Å². The number of halogens is 2. The van der Waals surface area contributed by atoms with Gasteiger partial charge in [0.05, 0.1) is 6.54 Å². The van der Waals surface area contributed by atoms with Crippen molar-refractivity contribution in [2.24, 2.45) is 0 Å². The van der Waals surface area contributed by atoms with E-state index in [0.717, 1.165) is 0 Å². The van der Waals surface area contributed by atoms with Crippen molar-refractivity contribution in [1.29, 1.82) is 0 Å². The standard InChI is InChI=1S/C33H29F2NO2/c1-24-13-15-26(16-14-24)22-36(21-25-7-3-2-4-8-25)23-31-17-18-32(38-31)33(37,27-9-5-11-29(34)19-27)28-10-6-12-30(35)20-28/h2-20,37H,21-23H2,1H3. The maximum absolute atomic E-state index is 14.2. The van der Waals surface area contributed by atoms with Crippen molar-refractivity contribution >= 4 is 0 Å². The smallest absolute Gasteiger partial charge is 0.173 e. The van der Waals surface area contributed by atoms with E-state index in [1.165, 1.54) is 53.1 Å². The van der Waals surface area contributed by atoms with Crippen LogP contribution >= 0.6 is 0 Å². The summed E-state index contributed by atoms with van der Waals surface area (Å²) in [5, 5.41) is 12.0. The molecule has 1 N–H and O–H groups in total. The van der Waals surface area contributed by atoms with Gasteiger partial charge >= 0.3 is 0 Å². The molecule has 0 aliphatic heterocycles. The van der Waals surface area contributed by atoms with Gasteiger partial charge in [-0.05, 0) is 65.6 Å². The number of hydrogen-bond donors (Lipinski definition) is 1. The minimum atomic E-state index is -1.87. The highest BCUT2D eigenvalue weighted by atomic mass is 19.1. The number of furan rings is 1. The van der Waals surface area contributed by atoms with E-state index in [1.807, 2.05) is 24.3 Å². The van der Waals surface area contributed by atoms with Crippen LogP contribution in [0.15, 0.2) is 120 Å². The summed E-state index contributed by atoms with van der Waals surface area (Å²) >= 11 is 0. The monoisotopic (exact) mass is 509 g/mol. The molecule has 0 bridgehead atoms. The lowest BCUT2D eigenvalue weighted by molar-refractivity contribution is 0.0943. The van der Waals surface area contributed by atoms with E-state index in [0.29, 0.717) is 25.4 Å². The molecule has 0 saturated heterocycles. The van der Waals surface area contributed by atoms with Crippen molar-refractivity contribution in [1.82, 2.24) is 4.90 Å². The molecular weight excluding hydrogens is 480 g/mol. The zero-order chi connectivity index (χ0) is 26.5. The van der Waals surface area contributed by atoms with E-state index in [1.54, 1.807) is 18.2 Å². The van der Waals surface area contributed by atoms with Crippen LogP contribution in [-0.4, -0.2) is 10.0 Å². The molecule has 0 unspecified atom stereocenters. The van der Waals surface area contributed by atoms with Gasteiger partial charge < -0.3 is 9.52 Å². The van der Waals surface area contributed by atoms with Crippen LogP contribution in [0.3, 0.4) is 0 Å². The number of aliphatic hydroxyl groups is 1. The first-order valence-corrected chi connectivity index (χ1v) is 12.6. The summed E-state index contributed by atoms with van der Waals surface area (Å²) in [6.07, 6.45) is 0. The summed E-state index contributed by atoms with van der Waals surface area (Å²) < 4.78 is 34.6. The van der Waals surface area contributed by atoms with Gasteiger partial charge in [-0.2, -0.15) is 0 Å². The summed E-state index contributed by atoms with van der Waals surface area (Å²) in [4.78, 5) is 2.26. The van der Waals surface area contributed by atoms with Crippen LogP contribution in [0.5, 0.6) is 0 Å². The Bertz CT molecular complexity index is 1450. The van der Waals surface area contributed by atoms with Crippen molar-refractivity contribution in [3.05, 3.63) is 166 Å². The fourth-order valence-corrected chi connectivity index (χ4v) is 4.72. The van der Waals surface area contributed by atoms with Crippen LogP contribution in [-0.2, 0) is 25.2 Å². The van der Waals surface area contributed by atoms with Gasteiger partial charge in [0.15, 0.2) is 5.60 Å². The zero-order valence-electron chi connectivity index (χ0n) is 21.1. The average Bonchev–Trinajstić information content (AvgIpc) is 3.39. The lowest BCUT2D eigenvalue weighted by atomic mass is 9.84. The largest absolute Gasteiger partial charge is 0.461 e. The number of benzene rings is 4. The van der Waals surface area contributed by atoms with Crippen LogP contribution in [0.25, 0.3) is 0 Å². The van der Waals surface area contributed by atoms with Crippen molar-refractivity contribution < 1.29 is 18.3 Å². The normalized spacial score (nSPS) is 11.7. The summed E-state index contributed by atoms with van der Waals surface area (Å²) in [5.74, 6) is -0.180. The first-order valence-electron chi connectivity index (χ1n) is 12.6. The third-order valence-corrected chi connectivity index (χ3v) is 6.66. The van der Waals surface area contributed by atoms with Gasteiger partial charge in [0.25, 0.3) is 0 Å². The highest BCUT2D eigenvalue weighted by Crippen LogP contribution is 2.38. The second kappa shape index (κ2) is 11.1. The average molecular weight is 510 g/mol. The third kappa shape index (κ3) is 5.75. The maximum Gasteiger partial charge on any atom is 0.173 e. The number of hydrogen-bond acceptors (Lipinski definition) is 3. The predicted octanol–water partition coefficient (Wildman–Crippen LogP) is 7.35. The quantitative estimate of drug-likeness (QED) is 0.226. The van der Waals surface area contributed by atoms with Gasteiger partial charge in [-0.1, -0.05) is 84.4 Å². The SMILES string of the molecule is Cc1ccc(CN(Cc2ccccc2)Cc2ccc(C(O)(c3cccc(F)c3)c3cccc(F)c3)o2)cc1. The Hall–Kier alpha value is -4.06. The first kappa shape index (κ1) is 25.6. The summed E-state index contributed by atoms with van der Waals surface area (Å²) in [7, 11) is 0. The fraction of sp³-hybridized carbons (Fsp3) is 0.152. The first-order chi connectivity index (χ1) is 18.4. The van der Waals surface area contributed by atoms with E-state index in [-0.39, 0.29) is 16.9 Å². The second-order valence-electron chi connectivity index (χ2n) is 9.61. The van der Waals surface area contributed by atoms with E-state index in [2.05, 4.69) is 48.2 Å². The molecule has 0 aliphatic carbocycles. The molecule has 5 heteroatoms. The lowest BCUT2D eigenvalue weighted by Gasteiger charge is -2.27. The number of aryl methyl sites for hydroxylation is 1. The van der Waals surface area contributed by atoms with Gasteiger partial charge in [0, 0.05) is 13.1 Å². The molecule has 0 spiro atoms. The molecule has 0 radical (unpaired) electrons. The number of rotatable bonds is 9. The molecule has 0 fully saturated rings. The van der Waals surface area contributed by atoms with Crippen molar-refractivity contribution in [2.45, 2.75) is 32.2 Å². The topological polar surface area (TPSA) is 36.6 Å². The summed E-state index contributed by atoms with van der Waals surface area (Å²) in [6, 6.07) is 33.4. The molecule has 0 aliphatic rings. The van der Waals surface area contributed by atoms with Gasteiger partial charge in [-0.3, -0.25) is 4.90 Å². The molecule has 5 rings (SSSR count). The highest BCUT2D eigenvalue weighted by molar-refractivity contribution is 5.44. The van der Waals surface area contributed by atoms with Crippen LogP contribution in [0.4, 0.5) is 8.78 Å². The summed E-state index contributed by atoms with van der Waals surface area (Å²) in [5.41, 5.74) is 2.18. The molecule has 0 saturated carbocycles. The Kier molecular flexibility index (Phi) is 7.50. The molecule has 0 atom stereocenters.